The van der Waals surface area contributed by atoms with Gasteiger partial charge in [-0.25, -0.2) is 15.0 Å². The van der Waals surface area contributed by atoms with E-state index in [0.29, 0.717) is 39.9 Å². The molecule has 0 spiro atoms. The fourth-order valence-electron chi connectivity index (χ4n) is 2.91. The molecule has 1 aromatic carbocycles. The Morgan fingerprint density at radius 3 is 2.83 bits per heavy atom. The first-order valence-corrected chi connectivity index (χ1v) is 9.90. The van der Waals surface area contributed by atoms with Crippen LogP contribution in [-0.4, -0.2) is 42.2 Å². The molecule has 1 saturated carbocycles. The van der Waals surface area contributed by atoms with Gasteiger partial charge in [0.05, 0.1) is 0 Å². The fraction of sp³-hybridized carbons (Fsp3) is 0.263. The molecule has 1 fully saturated rings. The maximum absolute atomic E-state index is 11.9. The van der Waals surface area contributed by atoms with E-state index >= 15 is 0 Å². The molecular weight excluding hydrogens is 392 g/mol. The van der Waals surface area contributed by atoms with Gasteiger partial charge < -0.3 is 25.8 Å². The summed E-state index contributed by atoms with van der Waals surface area (Å²) in [5, 5.41) is 23.1. The highest BCUT2D eigenvalue weighted by atomic mass is 32.2. The van der Waals surface area contributed by atoms with Crippen molar-refractivity contribution in [2.24, 2.45) is 5.92 Å². The molecule has 5 N–H and O–H groups in total. The smallest absolute Gasteiger partial charge is 0.223 e. The topological polar surface area (TPSA) is 139 Å². The lowest BCUT2D eigenvalue weighted by molar-refractivity contribution is -0.122. The molecule has 3 aromatic rings. The van der Waals surface area contributed by atoms with Gasteiger partial charge in [-0.05, 0) is 30.5 Å². The summed E-state index contributed by atoms with van der Waals surface area (Å²) >= 11 is 1.27. The number of aromatic nitrogens is 4. The van der Waals surface area contributed by atoms with E-state index in [2.05, 4.69) is 26.8 Å². The Kier molecular flexibility index (Phi) is 5.01. The number of imidazole rings is 1. The first-order valence-electron chi connectivity index (χ1n) is 9.08. The SMILES string of the molecule is C=Cc1cc(O)c(O)cc1Sc1nc2c(N)ncnc2n1CCNC(=O)C1CC1. The first-order chi connectivity index (χ1) is 14.0. The highest BCUT2D eigenvalue weighted by Crippen LogP contribution is 2.38. The zero-order chi connectivity index (χ0) is 20.5. The summed E-state index contributed by atoms with van der Waals surface area (Å²) in [5.41, 5.74) is 7.63. The maximum atomic E-state index is 11.9. The number of carbonyl (C=O) groups excluding carboxylic acids is 1. The van der Waals surface area contributed by atoms with E-state index in [4.69, 9.17) is 5.73 Å². The average molecular weight is 412 g/mol. The van der Waals surface area contributed by atoms with Gasteiger partial charge in [-0.2, -0.15) is 0 Å². The van der Waals surface area contributed by atoms with Gasteiger partial charge in [-0.3, -0.25) is 4.79 Å². The van der Waals surface area contributed by atoms with E-state index in [1.165, 1.54) is 30.2 Å². The summed E-state index contributed by atoms with van der Waals surface area (Å²) in [7, 11) is 0. The molecule has 150 valence electrons. The normalized spacial score (nSPS) is 13.5. The average Bonchev–Trinajstić information content (AvgIpc) is 3.49. The lowest BCUT2D eigenvalue weighted by Crippen LogP contribution is -2.28. The van der Waals surface area contributed by atoms with Crippen LogP contribution in [-0.2, 0) is 11.3 Å². The van der Waals surface area contributed by atoms with Crippen LogP contribution in [0.25, 0.3) is 17.2 Å². The summed E-state index contributed by atoms with van der Waals surface area (Å²) in [6.07, 6.45) is 4.84. The molecule has 0 unspecified atom stereocenters. The number of rotatable bonds is 7. The van der Waals surface area contributed by atoms with E-state index in [1.54, 1.807) is 6.08 Å². The third kappa shape index (κ3) is 3.83. The van der Waals surface area contributed by atoms with Crippen molar-refractivity contribution < 1.29 is 15.0 Å². The lowest BCUT2D eigenvalue weighted by Gasteiger charge is -2.11. The number of aromatic hydroxyl groups is 2. The third-order valence-electron chi connectivity index (χ3n) is 4.64. The summed E-state index contributed by atoms with van der Waals surface area (Å²) in [4.78, 5) is 25.4. The fourth-order valence-corrected chi connectivity index (χ4v) is 3.97. The van der Waals surface area contributed by atoms with Crippen LogP contribution in [0.4, 0.5) is 5.82 Å². The van der Waals surface area contributed by atoms with E-state index in [9.17, 15) is 15.0 Å². The van der Waals surface area contributed by atoms with Gasteiger partial charge in [0.15, 0.2) is 33.6 Å². The maximum Gasteiger partial charge on any atom is 0.223 e. The lowest BCUT2D eigenvalue weighted by atomic mass is 10.2. The number of hydrogen-bond acceptors (Lipinski definition) is 8. The molecule has 0 bridgehead atoms. The Morgan fingerprint density at radius 2 is 2.10 bits per heavy atom. The largest absolute Gasteiger partial charge is 0.504 e. The Morgan fingerprint density at radius 1 is 1.34 bits per heavy atom. The van der Waals surface area contributed by atoms with Gasteiger partial charge >= 0.3 is 0 Å². The predicted octanol–water partition coefficient (Wildman–Crippen LogP) is 2.14. The summed E-state index contributed by atoms with van der Waals surface area (Å²) in [6.45, 7) is 4.62. The van der Waals surface area contributed by atoms with Gasteiger partial charge in [0.2, 0.25) is 5.91 Å². The minimum Gasteiger partial charge on any atom is -0.504 e. The number of benzene rings is 1. The number of phenolic OH excluding ortho intramolecular Hbond substituents is 2. The predicted molar refractivity (Wildman–Crippen MR) is 109 cm³/mol. The van der Waals surface area contributed by atoms with Crippen molar-refractivity contribution in [1.29, 1.82) is 0 Å². The number of nitrogens with zero attached hydrogens (tertiary/aromatic N) is 4. The van der Waals surface area contributed by atoms with Crippen molar-refractivity contribution >= 4 is 40.7 Å². The molecular formula is C19H20N6O3S. The van der Waals surface area contributed by atoms with Crippen molar-refractivity contribution in [3.8, 4) is 11.5 Å². The minimum atomic E-state index is -0.239. The zero-order valence-corrected chi connectivity index (χ0v) is 16.3. The number of fused-ring (bicyclic) bond motifs is 1. The number of nitrogens with two attached hydrogens (primary N) is 1. The second-order valence-electron chi connectivity index (χ2n) is 6.73. The van der Waals surface area contributed by atoms with Crippen LogP contribution < -0.4 is 11.1 Å². The quantitative estimate of drug-likeness (QED) is 0.433. The Balaban J connectivity index is 1.67. The second-order valence-corrected chi connectivity index (χ2v) is 7.74. The number of carbonyl (C=O) groups is 1. The molecule has 10 heteroatoms. The van der Waals surface area contributed by atoms with Gasteiger partial charge in [-0.15, -0.1) is 0 Å². The summed E-state index contributed by atoms with van der Waals surface area (Å²) in [5.74, 6) is -0.00541. The summed E-state index contributed by atoms with van der Waals surface area (Å²) in [6, 6.07) is 2.88. The number of amides is 1. The first kappa shape index (κ1) is 19.1. The second kappa shape index (κ2) is 7.63. The van der Waals surface area contributed by atoms with Crippen LogP contribution in [0, 0.1) is 5.92 Å². The molecule has 0 aliphatic heterocycles. The molecule has 9 nitrogen and oxygen atoms in total. The molecule has 1 aliphatic carbocycles. The highest BCUT2D eigenvalue weighted by molar-refractivity contribution is 7.99. The van der Waals surface area contributed by atoms with E-state index in [-0.39, 0.29) is 29.1 Å². The molecule has 1 amide bonds. The Bertz CT molecular complexity index is 1110. The van der Waals surface area contributed by atoms with Crippen molar-refractivity contribution in [1.82, 2.24) is 24.8 Å². The van der Waals surface area contributed by atoms with Crippen LogP contribution in [0.2, 0.25) is 0 Å². The Hall–Kier alpha value is -3.27. The van der Waals surface area contributed by atoms with Crippen LogP contribution in [0.5, 0.6) is 11.5 Å². The molecule has 4 rings (SSSR count). The van der Waals surface area contributed by atoms with E-state index < -0.39 is 0 Å². The highest BCUT2D eigenvalue weighted by Gasteiger charge is 2.29. The van der Waals surface area contributed by atoms with Crippen molar-refractivity contribution in [3.63, 3.8) is 0 Å². The minimum absolute atomic E-state index is 0.0650. The van der Waals surface area contributed by atoms with Crippen molar-refractivity contribution in [3.05, 3.63) is 30.6 Å². The zero-order valence-electron chi connectivity index (χ0n) is 15.5. The van der Waals surface area contributed by atoms with E-state index in [0.717, 1.165) is 12.8 Å². The molecule has 1 aliphatic rings. The van der Waals surface area contributed by atoms with Crippen LogP contribution in [0.3, 0.4) is 0 Å². The molecule has 0 atom stereocenters. The van der Waals surface area contributed by atoms with Gasteiger partial charge in [0.1, 0.15) is 6.33 Å². The van der Waals surface area contributed by atoms with E-state index in [1.807, 2.05) is 4.57 Å². The molecule has 2 heterocycles. The molecule has 2 aromatic heterocycles. The molecule has 0 radical (unpaired) electrons. The summed E-state index contributed by atoms with van der Waals surface area (Å²) < 4.78 is 1.85. The van der Waals surface area contributed by atoms with Gasteiger partial charge in [0.25, 0.3) is 0 Å². The molecule has 0 saturated heterocycles. The van der Waals surface area contributed by atoms with Crippen LogP contribution >= 0.6 is 11.8 Å². The Labute approximate surface area is 170 Å². The van der Waals surface area contributed by atoms with Gasteiger partial charge in [0, 0.05) is 23.9 Å². The number of phenols is 2. The number of nitrogens with one attached hydrogen (secondary N) is 1. The number of anilines is 1. The van der Waals surface area contributed by atoms with Crippen LogP contribution in [0.1, 0.15) is 18.4 Å². The number of nitrogen functional groups attached to an aromatic ring is 1. The third-order valence-corrected chi connectivity index (χ3v) is 5.70. The van der Waals surface area contributed by atoms with Crippen LogP contribution in [0.15, 0.2) is 35.1 Å². The number of hydrogen-bond donors (Lipinski definition) is 4. The van der Waals surface area contributed by atoms with Gasteiger partial charge in [-0.1, -0.05) is 24.4 Å². The molecule has 29 heavy (non-hydrogen) atoms. The monoisotopic (exact) mass is 412 g/mol. The van der Waals surface area contributed by atoms with Crippen molar-refractivity contribution in [2.45, 2.75) is 29.4 Å². The standard InChI is InChI=1S/C19H20N6O3S/c1-2-10-7-12(26)13(27)8-14(10)29-19-24-15-16(20)22-9-23-17(15)25(19)6-5-21-18(28)11-3-4-11/h2,7-9,11,26-27H,1,3-6H2,(H,21,28)(H2,20,22,23). The van der Waals surface area contributed by atoms with Crippen molar-refractivity contribution in [2.75, 3.05) is 12.3 Å².